The lowest BCUT2D eigenvalue weighted by Gasteiger charge is -2.36. The first-order valence-electron chi connectivity index (χ1n) is 8.28. The highest BCUT2D eigenvalue weighted by Gasteiger charge is 2.33. The quantitative estimate of drug-likeness (QED) is 0.857. The molecule has 2 aliphatic heterocycles. The van der Waals surface area contributed by atoms with E-state index in [9.17, 15) is 13.5 Å². The van der Waals surface area contributed by atoms with Crippen LogP contribution in [0.5, 0.6) is 0 Å². The molecule has 1 N–H and O–H groups in total. The van der Waals surface area contributed by atoms with Gasteiger partial charge in [0.15, 0.2) is 0 Å². The van der Waals surface area contributed by atoms with Crippen LogP contribution in [0.2, 0.25) is 0 Å². The Bertz CT molecular complexity index is 594. The average molecular weight is 339 g/mol. The minimum atomic E-state index is -3.29. The maximum absolute atomic E-state index is 12.5. The maximum Gasteiger partial charge on any atom is 0.282 e. The normalized spacial score (nSPS) is 23.2. The highest BCUT2D eigenvalue weighted by Crippen LogP contribution is 2.19. The van der Waals surface area contributed by atoms with Crippen LogP contribution in [0.25, 0.3) is 0 Å². The Morgan fingerprint density at radius 1 is 0.913 bits per heavy atom. The van der Waals surface area contributed by atoms with Gasteiger partial charge in [-0.25, -0.2) is 0 Å². The number of aliphatic hydroxyl groups is 1. The number of nitrogens with zero attached hydrogens (tertiary/aromatic N) is 3. The number of benzene rings is 1. The largest absolute Gasteiger partial charge is 0.387 e. The van der Waals surface area contributed by atoms with Crippen molar-refractivity contribution >= 4 is 10.2 Å². The second-order valence-corrected chi connectivity index (χ2v) is 8.17. The predicted octanol–water partition coefficient (Wildman–Crippen LogP) is 0.678. The summed E-state index contributed by atoms with van der Waals surface area (Å²) in [5.41, 5.74) is 0.902. The van der Waals surface area contributed by atoms with Crippen LogP contribution in [0.15, 0.2) is 30.3 Å². The molecule has 1 atom stereocenters. The van der Waals surface area contributed by atoms with Crippen molar-refractivity contribution in [3.63, 3.8) is 0 Å². The third-order valence-electron chi connectivity index (χ3n) is 4.66. The van der Waals surface area contributed by atoms with Gasteiger partial charge in [-0.2, -0.15) is 17.0 Å². The summed E-state index contributed by atoms with van der Waals surface area (Å²) in [7, 11) is -3.29. The molecule has 2 aliphatic rings. The summed E-state index contributed by atoms with van der Waals surface area (Å²) < 4.78 is 28.2. The Morgan fingerprint density at radius 3 is 2.09 bits per heavy atom. The molecular weight excluding hydrogens is 314 g/mol. The van der Waals surface area contributed by atoms with Crippen LogP contribution in [-0.4, -0.2) is 72.8 Å². The standard InChI is InChI=1S/C16H25N3O3S/c20-16(15-6-2-1-3-7-15)14-17-10-12-19(13-11-17)23(21,22)18-8-4-5-9-18/h1-3,6-7,16,20H,4-5,8-14H2/t16-/m1/s1. The zero-order valence-corrected chi connectivity index (χ0v) is 14.2. The van der Waals surface area contributed by atoms with Gasteiger partial charge in [0.05, 0.1) is 6.10 Å². The third-order valence-corrected chi connectivity index (χ3v) is 6.70. The molecule has 0 saturated carbocycles. The summed E-state index contributed by atoms with van der Waals surface area (Å²) in [5.74, 6) is 0. The average Bonchev–Trinajstić information content (AvgIpc) is 3.11. The van der Waals surface area contributed by atoms with Crippen LogP contribution in [0.1, 0.15) is 24.5 Å². The van der Waals surface area contributed by atoms with Crippen molar-refractivity contribution in [3.8, 4) is 0 Å². The second kappa shape index (κ2) is 7.27. The Balaban J connectivity index is 1.52. The lowest BCUT2D eigenvalue weighted by Crippen LogP contribution is -2.53. The molecule has 23 heavy (non-hydrogen) atoms. The third kappa shape index (κ3) is 3.92. The van der Waals surface area contributed by atoms with Crippen molar-refractivity contribution in [2.24, 2.45) is 0 Å². The molecule has 0 unspecified atom stereocenters. The van der Waals surface area contributed by atoms with E-state index in [2.05, 4.69) is 4.90 Å². The predicted molar refractivity (Wildman–Crippen MR) is 89.1 cm³/mol. The van der Waals surface area contributed by atoms with Crippen molar-refractivity contribution in [2.45, 2.75) is 18.9 Å². The number of hydrogen-bond acceptors (Lipinski definition) is 4. The lowest BCUT2D eigenvalue weighted by atomic mass is 10.1. The van der Waals surface area contributed by atoms with Crippen LogP contribution < -0.4 is 0 Å². The van der Waals surface area contributed by atoms with Crippen molar-refractivity contribution in [2.75, 3.05) is 45.8 Å². The molecule has 0 amide bonds. The minimum absolute atomic E-state index is 0.500. The van der Waals surface area contributed by atoms with E-state index < -0.39 is 16.3 Å². The van der Waals surface area contributed by atoms with Crippen molar-refractivity contribution in [1.82, 2.24) is 13.5 Å². The van der Waals surface area contributed by atoms with E-state index in [1.165, 1.54) is 0 Å². The highest BCUT2D eigenvalue weighted by atomic mass is 32.2. The summed E-state index contributed by atoms with van der Waals surface area (Å²) in [6.45, 7) is 4.17. The minimum Gasteiger partial charge on any atom is -0.387 e. The maximum atomic E-state index is 12.5. The second-order valence-electron chi connectivity index (χ2n) is 6.24. The zero-order chi connectivity index (χ0) is 16.3. The fraction of sp³-hybridized carbons (Fsp3) is 0.625. The molecule has 2 fully saturated rings. The molecule has 7 heteroatoms. The van der Waals surface area contributed by atoms with E-state index in [0.717, 1.165) is 18.4 Å². The highest BCUT2D eigenvalue weighted by molar-refractivity contribution is 7.86. The van der Waals surface area contributed by atoms with E-state index in [-0.39, 0.29) is 0 Å². The number of piperazine rings is 1. The number of rotatable bonds is 5. The first-order chi connectivity index (χ1) is 11.1. The molecule has 6 nitrogen and oxygen atoms in total. The molecule has 2 saturated heterocycles. The molecule has 0 bridgehead atoms. The van der Waals surface area contributed by atoms with Gasteiger partial charge < -0.3 is 5.11 Å². The Morgan fingerprint density at radius 2 is 1.48 bits per heavy atom. The molecule has 3 rings (SSSR count). The summed E-state index contributed by atoms with van der Waals surface area (Å²) in [4.78, 5) is 2.13. The Kier molecular flexibility index (Phi) is 5.33. The molecule has 0 aromatic heterocycles. The topological polar surface area (TPSA) is 64.1 Å². The molecular formula is C16H25N3O3S. The van der Waals surface area contributed by atoms with Crippen molar-refractivity contribution in [3.05, 3.63) is 35.9 Å². The van der Waals surface area contributed by atoms with Crippen molar-refractivity contribution in [1.29, 1.82) is 0 Å². The fourth-order valence-electron chi connectivity index (χ4n) is 3.25. The SMILES string of the molecule is O=S(=O)(N1CCCC1)N1CCN(C[C@@H](O)c2ccccc2)CC1. The first kappa shape index (κ1) is 16.9. The van der Waals surface area contributed by atoms with Crippen LogP contribution in [-0.2, 0) is 10.2 Å². The van der Waals surface area contributed by atoms with Crippen LogP contribution in [0, 0.1) is 0 Å². The fourth-order valence-corrected chi connectivity index (χ4v) is 4.92. The van der Waals surface area contributed by atoms with E-state index in [1.54, 1.807) is 8.61 Å². The molecule has 0 aliphatic carbocycles. The number of aliphatic hydroxyl groups excluding tert-OH is 1. The van der Waals surface area contributed by atoms with Gasteiger partial charge in [0.1, 0.15) is 0 Å². The first-order valence-corrected chi connectivity index (χ1v) is 9.67. The smallest absolute Gasteiger partial charge is 0.282 e. The lowest BCUT2D eigenvalue weighted by molar-refractivity contribution is 0.0909. The van der Waals surface area contributed by atoms with E-state index >= 15 is 0 Å². The number of β-amino-alcohol motifs (C(OH)–C–C–N with tert-alkyl or cyclic N) is 1. The molecule has 0 radical (unpaired) electrons. The van der Waals surface area contributed by atoms with Crippen molar-refractivity contribution < 1.29 is 13.5 Å². The Labute approximate surface area is 138 Å². The van der Waals surface area contributed by atoms with Gasteiger partial charge in [-0.1, -0.05) is 30.3 Å². The van der Waals surface area contributed by atoms with Crippen LogP contribution in [0.3, 0.4) is 0 Å². The zero-order valence-electron chi connectivity index (χ0n) is 13.3. The molecule has 128 valence electrons. The monoisotopic (exact) mass is 339 g/mol. The van der Waals surface area contributed by atoms with E-state index in [4.69, 9.17) is 0 Å². The summed E-state index contributed by atoms with van der Waals surface area (Å²) in [6, 6.07) is 9.59. The molecule has 0 spiro atoms. The summed E-state index contributed by atoms with van der Waals surface area (Å²) >= 11 is 0. The van der Waals surface area contributed by atoms with Crippen LogP contribution >= 0.6 is 0 Å². The van der Waals surface area contributed by atoms with Gasteiger partial charge in [-0.05, 0) is 18.4 Å². The molecule has 1 aromatic rings. The number of hydrogen-bond donors (Lipinski definition) is 1. The Hall–Kier alpha value is -0.990. The van der Waals surface area contributed by atoms with E-state index in [0.29, 0.717) is 45.8 Å². The van der Waals surface area contributed by atoms with Gasteiger partial charge in [0, 0.05) is 45.8 Å². The van der Waals surface area contributed by atoms with Crippen LogP contribution in [0.4, 0.5) is 0 Å². The summed E-state index contributed by atoms with van der Waals surface area (Å²) in [5, 5.41) is 10.3. The summed E-state index contributed by atoms with van der Waals surface area (Å²) in [6.07, 6.45) is 1.39. The van der Waals surface area contributed by atoms with Gasteiger partial charge in [-0.3, -0.25) is 4.90 Å². The van der Waals surface area contributed by atoms with Gasteiger partial charge in [0.2, 0.25) is 0 Å². The van der Waals surface area contributed by atoms with E-state index in [1.807, 2.05) is 30.3 Å². The van der Waals surface area contributed by atoms with Gasteiger partial charge in [0.25, 0.3) is 10.2 Å². The van der Waals surface area contributed by atoms with Gasteiger partial charge >= 0.3 is 0 Å². The molecule has 2 heterocycles. The molecule has 1 aromatic carbocycles. The van der Waals surface area contributed by atoms with Gasteiger partial charge in [-0.15, -0.1) is 0 Å².